The van der Waals surface area contributed by atoms with Gasteiger partial charge >= 0.3 is 0 Å². The van der Waals surface area contributed by atoms with Crippen molar-refractivity contribution in [2.24, 2.45) is 5.92 Å². The van der Waals surface area contributed by atoms with Gasteiger partial charge < -0.3 is 0 Å². The monoisotopic (exact) mass is 253 g/mol. The first-order valence-corrected chi connectivity index (χ1v) is 7.46. The molecule has 19 heavy (non-hydrogen) atoms. The van der Waals surface area contributed by atoms with E-state index in [1.165, 1.54) is 37.7 Å². The Kier molecular flexibility index (Phi) is 5.21. The van der Waals surface area contributed by atoms with Crippen LogP contribution in [0.25, 0.3) is 4.85 Å². The van der Waals surface area contributed by atoms with Gasteiger partial charge in [0.2, 0.25) is 0 Å². The average Bonchev–Trinajstić information content (AvgIpc) is 2.48. The van der Waals surface area contributed by atoms with Crippen LogP contribution < -0.4 is 0 Å². The highest BCUT2D eigenvalue weighted by Gasteiger charge is 2.21. The smallest absolute Gasteiger partial charge is 0.187 e. The molecule has 0 spiro atoms. The average molecular weight is 253 g/mol. The Morgan fingerprint density at radius 2 is 1.79 bits per heavy atom. The summed E-state index contributed by atoms with van der Waals surface area (Å²) < 4.78 is 0. The van der Waals surface area contributed by atoms with Crippen LogP contribution in [0.15, 0.2) is 36.4 Å². The molecular weight excluding hydrogens is 230 g/mol. The molecule has 0 atom stereocenters. The molecule has 1 aromatic carbocycles. The lowest BCUT2D eigenvalue weighted by atomic mass is 9.77. The summed E-state index contributed by atoms with van der Waals surface area (Å²) in [5.41, 5.74) is 2.18. The van der Waals surface area contributed by atoms with Gasteiger partial charge in [-0.05, 0) is 55.9 Å². The Bertz CT molecular complexity index is 442. The maximum absolute atomic E-state index is 6.98. The van der Waals surface area contributed by atoms with Crippen molar-refractivity contribution in [3.63, 3.8) is 0 Å². The summed E-state index contributed by atoms with van der Waals surface area (Å²) in [6, 6.07) is 8.21. The highest BCUT2D eigenvalue weighted by Crippen LogP contribution is 2.37. The van der Waals surface area contributed by atoms with E-state index in [4.69, 9.17) is 6.57 Å². The molecule has 0 aromatic heterocycles. The van der Waals surface area contributed by atoms with Gasteiger partial charge in [0.25, 0.3) is 0 Å². The minimum Gasteiger partial charge on any atom is -0.238 e. The predicted octanol–water partition coefficient (Wildman–Crippen LogP) is 5.87. The summed E-state index contributed by atoms with van der Waals surface area (Å²) in [5.74, 6) is 1.60. The molecule has 1 saturated carbocycles. The molecule has 1 aromatic rings. The maximum atomic E-state index is 6.98. The van der Waals surface area contributed by atoms with E-state index < -0.39 is 0 Å². The molecule has 1 nitrogen and oxygen atoms in total. The second-order valence-corrected chi connectivity index (χ2v) is 5.54. The number of hydrogen-bond acceptors (Lipinski definition) is 0. The molecule has 0 radical (unpaired) electrons. The third-order valence-corrected chi connectivity index (χ3v) is 4.21. The van der Waals surface area contributed by atoms with Crippen molar-refractivity contribution in [2.75, 3.05) is 0 Å². The fourth-order valence-corrected chi connectivity index (χ4v) is 3.01. The molecule has 2 rings (SSSR count). The summed E-state index contributed by atoms with van der Waals surface area (Å²) in [5, 5.41) is 0. The molecule has 1 fully saturated rings. The van der Waals surface area contributed by atoms with Crippen molar-refractivity contribution in [2.45, 2.75) is 51.4 Å². The molecule has 0 N–H and O–H groups in total. The van der Waals surface area contributed by atoms with E-state index in [0.29, 0.717) is 5.92 Å². The zero-order chi connectivity index (χ0) is 13.5. The topological polar surface area (TPSA) is 4.36 Å². The number of nitrogens with zero attached hydrogens (tertiary/aromatic N) is 1. The normalized spacial score (nSPS) is 23.4. The Labute approximate surface area is 117 Å². The van der Waals surface area contributed by atoms with Gasteiger partial charge in [0.1, 0.15) is 0 Å². The lowest BCUT2D eigenvalue weighted by molar-refractivity contribution is 0.328. The molecular formula is C18H23N. The number of allylic oxidation sites excluding steroid dienone is 2. The molecule has 0 bridgehead atoms. The Balaban J connectivity index is 1.85. The first-order chi connectivity index (χ1) is 9.33. The van der Waals surface area contributed by atoms with Gasteiger partial charge in [0, 0.05) is 0 Å². The van der Waals surface area contributed by atoms with Crippen molar-refractivity contribution in [3.05, 3.63) is 53.4 Å². The SMILES string of the molecule is [C-]#[N+]c1ccc(C2CCC(C/C=C\CC)CC2)cc1. The van der Waals surface area contributed by atoms with Crippen molar-refractivity contribution in [3.8, 4) is 0 Å². The fraction of sp³-hybridized carbons (Fsp3) is 0.500. The molecule has 100 valence electrons. The first kappa shape index (κ1) is 13.9. The van der Waals surface area contributed by atoms with Crippen molar-refractivity contribution >= 4 is 5.69 Å². The Morgan fingerprint density at radius 3 is 2.37 bits per heavy atom. The highest BCUT2D eigenvalue weighted by atomic mass is 14.6. The molecule has 1 aliphatic rings. The van der Waals surface area contributed by atoms with Crippen LogP contribution in [-0.4, -0.2) is 0 Å². The minimum absolute atomic E-state index is 0.714. The van der Waals surface area contributed by atoms with E-state index in [1.54, 1.807) is 0 Å². The van der Waals surface area contributed by atoms with Crippen LogP contribution in [0.2, 0.25) is 0 Å². The van der Waals surface area contributed by atoms with E-state index in [-0.39, 0.29) is 0 Å². The van der Waals surface area contributed by atoms with E-state index in [2.05, 4.69) is 36.1 Å². The summed E-state index contributed by atoms with van der Waals surface area (Å²) in [7, 11) is 0. The van der Waals surface area contributed by atoms with Gasteiger partial charge in [-0.2, -0.15) is 0 Å². The summed E-state index contributed by atoms with van der Waals surface area (Å²) >= 11 is 0. The van der Waals surface area contributed by atoms with E-state index in [1.807, 2.05) is 12.1 Å². The van der Waals surface area contributed by atoms with Crippen LogP contribution in [0.1, 0.15) is 56.9 Å². The first-order valence-electron chi connectivity index (χ1n) is 7.46. The summed E-state index contributed by atoms with van der Waals surface area (Å²) in [6.07, 6.45) is 12.4. The summed E-state index contributed by atoms with van der Waals surface area (Å²) in [6.45, 7) is 9.18. The largest absolute Gasteiger partial charge is 0.238 e. The van der Waals surface area contributed by atoms with Gasteiger partial charge in [-0.1, -0.05) is 43.3 Å². The van der Waals surface area contributed by atoms with E-state index in [9.17, 15) is 0 Å². The molecule has 0 unspecified atom stereocenters. The van der Waals surface area contributed by atoms with Crippen molar-refractivity contribution < 1.29 is 0 Å². The maximum Gasteiger partial charge on any atom is 0.187 e. The molecule has 0 amide bonds. The molecule has 0 saturated heterocycles. The van der Waals surface area contributed by atoms with Crippen LogP contribution in [0.4, 0.5) is 5.69 Å². The van der Waals surface area contributed by atoms with Gasteiger partial charge in [0.05, 0.1) is 6.57 Å². The lowest BCUT2D eigenvalue weighted by Gasteiger charge is -2.28. The van der Waals surface area contributed by atoms with Crippen LogP contribution in [0.3, 0.4) is 0 Å². The Hall–Kier alpha value is -1.55. The molecule has 0 aliphatic heterocycles. The quantitative estimate of drug-likeness (QED) is 0.467. The highest BCUT2D eigenvalue weighted by molar-refractivity contribution is 5.46. The standard InChI is InChI=1S/C18H23N/c1-3-4-5-6-15-7-9-16(10-8-15)17-11-13-18(19-2)14-12-17/h4-5,11-16H,3,6-10H2,1H3/b5-4-. The van der Waals surface area contributed by atoms with Gasteiger partial charge in [-0.15, -0.1) is 0 Å². The third-order valence-electron chi connectivity index (χ3n) is 4.21. The van der Waals surface area contributed by atoms with Gasteiger partial charge in [0.15, 0.2) is 5.69 Å². The van der Waals surface area contributed by atoms with Crippen LogP contribution in [0.5, 0.6) is 0 Å². The van der Waals surface area contributed by atoms with E-state index >= 15 is 0 Å². The number of rotatable bonds is 4. The lowest BCUT2D eigenvalue weighted by Crippen LogP contribution is -2.12. The second kappa shape index (κ2) is 7.14. The van der Waals surface area contributed by atoms with Crippen LogP contribution in [0, 0.1) is 12.5 Å². The molecule has 0 heterocycles. The van der Waals surface area contributed by atoms with E-state index in [0.717, 1.165) is 18.0 Å². The van der Waals surface area contributed by atoms with Gasteiger partial charge in [-0.25, -0.2) is 4.85 Å². The Morgan fingerprint density at radius 1 is 1.11 bits per heavy atom. The number of hydrogen-bond donors (Lipinski definition) is 0. The minimum atomic E-state index is 0.714. The van der Waals surface area contributed by atoms with Gasteiger partial charge in [-0.3, -0.25) is 0 Å². The second-order valence-electron chi connectivity index (χ2n) is 5.54. The molecule has 1 aliphatic carbocycles. The zero-order valence-electron chi connectivity index (χ0n) is 11.8. The van der Waals surface area contributed by atoms with Crippen LogP contribution in [-0.2, 0) is 0 Å². The summed E-state index contributed by atoms with van der Waals surface area (Å²) in [4.78, 5) is 3.45. The van der Waals surface area contributed by atoms with Crippen molar-refractivity contribution in [1.29, 1.82) is 0 Å². The fourth-order valence-electron chi connectivity index (χ4n) is 3.01. The number of benzene rings is 1. The zero-order valence-corrected chi connectivity index (χ0v) is 11.8. The van der Waals surface area contributed by atoms with Crippen molar-refractivity contribution in [1.82, 2.24) is 0 Å². The predicted molar refractivity (Wildman–Crippen MR) is 81.5 cm³/mol. The third kappa shape index (κ3) is 3.96. The molecule has 1 heteroatoms. The van der Waals surface area contributed by atoms with Crippen LogP contribution >= 0.6 is 0 Å².